The third-order valence-electron chi connectivity index (χ3n) is 2.37. The molecule has 1 aromatic rings. The Balaban J connectivity index is 2.92. The molecule has 0 bridgehead atoms. The first kappa shape index (κ1) is 13.5. The van der Waals surface area contributed by atoms with Gasteiger partial charge in [-0.15, -0.1) is 0 Å². The number of rotatable bonds is 5. The standard InChI is InChI=1S/C12H13ClO4/c1-7(5-11(14)15)12(16)9-4-3-8(17-2)6-10(9)13/h3-4,6-7H,5H2,1-2H3,(H,14,15). The number of aliphatic carboxylic acids is 1. The van der Waals surface area contributed by atoms with Crippen molar-refractivity contribution in [3.8, 4) is 5.75 Å². The van der Waals surface area contributed by atoms with Gasteiger partial charge in [-0.05, 0) is 18.2 Å². The molecule has 1 rings (SSSR count). The smallest absolute Gasteiger partial charge is 0.304 e. The Bertz CT molecular complexity index is 442. The first-order chi connectivity index (χ1) is 7.95. The van der Waals surface area contributed by atoms with Gasteiger partial charge in [-0.1, -0.05) is 18.5 Å². The average molecular weight is 257 g/mol. The largest absolute Gasteiger partial charge is 0.497 e. The molecule has 0 saturated carbocycles. The molecule has 0 heterocycles. The van der Waals surface area contributed by atoms with E-state index in [1.165, 1.54) is 13.2 Å². The number of hydrogen-bond acceptors (Lipinski definition) is 3. The van der Waals surface area contributed by atoms with E-state index in [1.807, 2.05) is 0 Å². The third-order valence-corrected chi connectivity index (χ3v) is 2.68. The second-order valence-corrected chi connectivity index (χ2v) is 4.12. The highest BCUT2D eigenvalue weighted by atomic mass is 35.5. The molecule has 5 heteroatoms. The lowest BCUT2D eigenvalue weighted by Crippen LogP contribution is -2.15. The minimum absolute atomic E-state index is 0.207. The molecule has 1 unspecified atom stereocenters. The summed E-state index contributed by atoms with van der Waals surface area (Å²) in [6.45, 7) is 1.57. The molecule has 0 aromatic heterocycles. The molecule has 1 N–H and O–H groups in total. The van der Waals surface area contributed by atoms with E-state index < -0.39 is 11.9 Å². The minimum Gasteiger partial charge on any atom is -0.497 e. The maximum Gasteiger partial charge on any atom is 0.304 e. The number of Topliss-reactive ketones (excluding diaryl/α,β-unsaturated/α-hetero) is 1. The number of carboxylic acids is 1. The lowest BCUT2D eigenvalue weighted by molar-refractivity contribution is -0.137. The zero-order valence-electron chi connectivity index (χ0n) is 9.57. The van der Waals surface area contributed by atoms with Crippen LogP contribution in [0.15, 0.2) is 18.2 Å². The van der Waals surface area contributed by atoms with Gasteiger partial charge in [0.2, 0.25) is 0 Å². The van der Waals surface area contributed by atoms with Crippen molar-refractivity contribution >= 4 is 23.4 Å². The summed E-state index contributed by atoms with van der Waals surface area (Å²) in [5.74, 6) is -1.33. The van der Waals surface area contributed by atoms with Gasteiger partial charge >= 0.3 is 5.97 Å². The predicted molar refractivity (Wildman–Crippen MR) is 63.8 cm³/mol. The summed E-state index contributed by atoms with van der Waals surface area (Å²) in [5.41, 5.74) is 0.321. The van der Waals surface area contributed by atoms with Gasteiger partial charge < -0.3 is 9.84 Å². The van der Waals surface area contributed by atoms with E-state index in [1.54, 1.807) is 19.1 Å². The van der Waals surface area contributed by atoms with E-state index >= 15 is 0 Å². The van der Waals surface area contributed by atoms with Crippen LogP contribution in [0.2, 0.25) is 5.02 Å². The predicted octanol–water partition coefficient (Wildman–Crippen LogP) is 2.64. The number of halogens is 1. The molecule has 0 radical (unpaired) electrons. The molecule has 1 atom stereocenters. The van der Waals surface area contributed by atoms with Crippen LogP contribution in [0.3, 0.4) is 0 Å². The van der Waals surface area contributed by atoms with Gasteiger partial charge in [0.25, 0.3) is 0 Å². The Labute approximate surface area is 104 Å². The van der Waals surface area contributed by atoms with Crippen molar-refractivity contribution in [3.63, 3.8) is 0 Å². The number of benzene rings is 1. The molecule has 1 aromatic carbocycles. The highest BCUT2D eigenvalue weighted by molar-refractivity contribution is 6.34. The van der Waals surface area contributed by atoms with Crippen molar-refractivity contribution in [1.82, 2.24) is 0 Å². The van der Waals surface area contributed by atoms with Crippen molar-refractivity contribution in [1.29, 1.82) is 0 Å². The molecular formula is C12H13ClO4. The van der Waals surface area contributed by atoms with Crippen LogP contribution < -0.4 is 4.74 Å². The number of carbonyl (C=O) groups is 2. The van der Waals surface area contributed by atoms with Crippen LogP contribution in [0.5, 0.6) is 5.75 Å². The number of methoxy groups -OCH3 is 1. The normalized spacial score (nSPS) is 11.9. The van der Waals surface area contributed by atoms with Gasteiger partial charge in [-0.3, -0.25) is 9.59 Å². The van der Waals surface area contributed by atoms with Crippen LogP contribution in [0.4, 0.5) is 0 Å². The molecule has 0 aliphatic carbocycles. The number of ketones is 1. The Kier molecular flexibility index (Phi) is 4.52. The van der Waals surface area contributed by atoms with E-state index in [0.717, 1.165) is 0 Å². The second kappa shape index (κ2) is 5.68. The van der Waals surface area contributed by atoms with Crippen LogP contribution in [0.25, 0.3) is 0 Å². The molecule has 0 aliphatic rings. The Morgan fingerprint density at radius 3 is 2.59 bits per heavy atom. The summed E-state index contributed by atoms with van der Waals surface area (Å²) in [5, 5.41) is 8.90. The first-order valence-corrected chi connectivity index (χ1v) is 5.43. The van der Waals surface area contributed by atoms with Crippen molar-refractivity contribution in [2.45, 2.75) is 13.3 Å². The molecular weight excluding hydrogens is 244 g/mol. The number of ether oxygens (including phenoxy) is 1. The van der Waals surface area contributed by atoms with Gasteiger partial charge in [-0.2, -0.15) is 0 Å². The SMILES string of the molecule is COc1ccc(C(=O)C(C)CC(=O)O)c(Cl)c1. The summed E-state index contributed by atoms with van der Waals surface area (Å²) in [7, 11) is 1.50. The molecule has 4 nitrogen and oxygen atoms in total. The second-order valence-electron chi connectivity index (χ2n) is 3.71. The van der Waals surface area contributed by atoms with E-state index in [2.05, 4.69) is 0 Å². The Morgan fingerprint density at radius 1 is 1.47 bits per heavy atom. The Hall–Kier alpha value is -1.55. The van der Waals surface area contributed by atoms with Crippen LogP contribution in [0, 0.1) is 5.92 Å². The van der Waals surface area contributed by atoms with Crippen molar-refractivity contribution < 1.29 is 19.4 Å². The van der Waals surface area contributed by atoms with Crippen LogP contribution in [-0.2, 0) is 4.79 Å². The van der Waals surface area contributed by atoms with Crippen molar-refractivity contribution in [3.05, 3.63) is 28.8 Å². The number of carbonyl (C=O) groups excluding carboxylic acids is 1. The summed E-state index contributed by atoms with van der Waals surface area (Å²) in [6, 6.07) is 4.69. The van der Waals surface area contributed by atoms with E-state index in [-0.39, 0.29) is 17.2 Å². The summed E-state index contributed by atoms with van der Waals surface area (Å²) in [6.07, 6.45) is -0.207. The molecule has 0 saturated heterocycles. The van der Waals surface area contributed by atoms with Gasteiger partial charge in [0.05, 0.1) is 18.6 Å². The highest BCUT2D eigenvalue weighted by Crippen LogP contribution is 2.25. The van der Waals surface area contributed by atoms with Crippen molar-refractivity contribution in [2.24, 2.45) is 5.92 Å². The average Bonchev–Trinajstić information content (AvgIpc) is 2.27. The van der Waals surface area contributed by atoms with Gasteiger partial charge in [0.15, 0.2) is 5.78 Å². The number of hydrogen-bond donors (Lipinski definition) is 1. The van der Waals surface area contributed by atoms with Gasteiger partial charge in [0.1, 0.15) is 5.75 Å². The van der Waals surface area contributed by atoms with Gasteiger partial charge in [0, 0.05) is 11.5 Å². The summed E-state index contributed by atoms with van der Waals surface area (Å²) >= 11 is 5.94. The van der Waals surface area contributed by atoms with E-state index in [9.17, 15) is 9.59 Å². The fourth-order valence-corrected chi connectivity index (χ4v) is 1.71. The van der Waals surface area contributed by atoms with E-state index in [0.29, 0.717) is 11.3 Å². The van der Waals surface area contributed by atoms with Crippen molar-refractivity contribution in [2.75, 3.05) is 7.11 Å². The molecule has 0 aliphatic heterocycles. The first-order valence-electron chi connectivity index (χ1n) is 5.05. The Morgan fingerprint density at radius 2 is 2.12 bits per heavy atom. The zero-order valence-corrected chi connectivity index (χ0v) is 10.3. The fourth-order valence-electron chi connectivity index (χ4n) is 1.44. The quantitative estimate of drug-likeness (QED) is 0.823. The highest BCUT2D eigenvalue weighted by Gasteiger charge is 2.20. The summed E-state index contributed by atoms with van der Waals surface area (Å²) < 4.78 is 4.96. The summed E-state index contributed by atoms with van der Waals surface area (Å²) in [4.78, 5) is 22.4. The van der Waals surface area contributed by atoms with Crippen LogP contribution in [-0.4, -0.2) is 24.0 Å². The lowest BCUT2D eigenvalue weighted by atomic mass is 9.96. The lowest BCUT2D eigenvalue weighted by Gasteiger charge is -2.10. The number of carboxylic acid groups (broad SMARTS) is 1. The molecule has 17 heavy (non-hydrogen) atoms. The molecule has 92 valence electrons. The molecule has 0 amide bonds. The van der Waals surface area contributed by atoms with Gasteiger partial charge in [-0.25, -0.2) is 0 Å². The molecule has 0 spiro atoms. The zero-order chi connectivity index (χ0) is 13.0. The topological polar surface area (TPSA) is 63.6 Å². The maximum atomic E-state index is 11.9. The fraction of sp³-hybridized carbons (Fsp3) is 0.333. The van der Waals surface area contributed by atoms with Crippen LogP contribution in [0.1, 0.15) is 23.7 Å². The molecule has 0 fully saturated rings. The maximum absolute atomic E-state index is 11.9. The third kappa shape index (κ3) is 3.46. The van der Waals surface area contributed by atoms with Crippen LogP contribution >= 0.6 is 11.6 Å². The van der Waals surface area contributed by atoms with E-state index in [4.69, 9.17) is 21.4 Å². The monoisotopic (exact) mass is 256 g/mol. The minimum atomic E-state index is -1.00.